The largest absolute Gasteiger partial charge is 0.394 e. The lowest BCUT2D eigenvalue weighted by molar-refractivity contribution is -0.216. The molecule has 1 aromatic carbocycles. The molecule has 0 radical (unpaired) electrons. The SMILES string of the molecule is CC1(C)c2ccc(C(=O)NCCCCCCNc3ncnc4c3ncn4[C@@H]3O[C@H](CO)[C@@H](O)[C@H]3O)cc2C(C)(C)N1O. The number of hydrogen-bond acceptors (Lipinski definition) is 11. The summed E-state index contributed by atoms with van der Waals surface area (Å²) in [4.78, 5) is 25.7. The Morgan fingerprint density at radius 1 is 0.976 bits per heavy atom. The standard InChI is InChI=1S/C29H41N7O6/c1-28(2)18-10-9-17(13-19(18)29(3,4)36(28)41)26(40)31-12-8-6-5-7-11-30-24-21-25(33-15-32-24)35(16-34-21)27-23(39)22(38)20(14-37)42-27/h9-10,13,15-16,20,22-23,27,37-39,41H,5-8,11-12,14H2,1-4H3,(H,31,40)(H,30,32,33)/t20-,22-,23-,27-/m1/s1. The van der Waals surface area contributed by atoms with Gasteiger partial charge in [0.15, 0.2) is 23.2 Å². The number of aliphatic hydroxyl groups is 3. The van der Waals surface area contributed by atoms with Gasteiger partial charge < -0.3 is 35.9 Å². The number of carbonyl (C=O) groups is 1. The van der Waals surface area contributed by atoms with Gasteiger partial charge in [-0.15, -0.1) is 0 Å². The molecule has 42 heavy (non-hydrogen) atoms. The highest BCUT2D eigenvalue weighted by molar-refractivity contribution is 5.94. The van der Waals surface area contributed by atoms with Crippen LogP contribution in [0.4, 0.5) is 5.82 Å². The van der Waals surface area contributed by atoms with Crippen LogP contribution in [0.1, 0.15) is 81.1 Å². The van der Waals surface area contributed by atoms with Gasteiger partial charge in [0.25, 0.3) is 5.91 Å². The molecule has 4 atom stereocenters. The van der Waals surface area contributed by atoms with Crippen LogP contribution >= 0.6 is 0 Å². The second kappa shape index (κ2) is 11.8. The maximum atomic E-state index is 12.8. The van der Waals surface area contributed by atoms with Crippen molar-refractivity contribution in [2.45, 2.75) is 89.0 Å². The maximum absolute atomic E-state index is 12.8. The number of nitrogens with zero attached hydrogens (tertiary/aromatic N) is 5. The number of ether oxygens (including phenoxy) is 1. The monoisotopic (exact) mass is 583 g/mol. The Bertz CT molecular complexity index is 1430. The van der Waals surface area contributed by atoms with Gasteiger partial charge in [0.05, 0.1) is 24.0 Å². The molecule has 0 unspecified atom stereocenters. The van der Waals surface area contributed by atoms with Crippen molar-refractivity contribution in [2.75, 3.05) is 25.0 Å². The Balaban J connectivity index is 1.05. The molecule has 13 nitrogen and oxygen atoms in total. The minimum Gasteiger partial charge on any atom is -0.394 e. The maximum Gasteiger partial charge on any atom is 0.251 e. The molecule has 5 rings (SSSR count). The molecule has 3 aromatic rings. The summed E-state index contributed by atoms with van der Waals surface area (Å²) in [6, 6.07) is 5.65. The fourth-order valence-electron chi connectivity index (χ4n) is 6.04. The van der Waals surface area contributed by atoms with Crippen LogP contribution in [0.25, 0.3) is 11.2 Å². The van der Waals surface area contributed by atoms with Gasteiger partial charge >= 0.3 is 0 Å². The summed E-state index contributed by atoms with van der Waals surface area (Å²) < 4.78 is 7.14. The van der Waals surface area contributed by atoms with E-state index >= 15 is 0 Å². The molecule has 2 aliphatic rings. The van der Waals surface area contributed by atoms with Crippen LogP contribution in [0, 0.1) is 0 Å². The van der Waals surface area contributed by atoms with Crippen molar-refractivity contribution >= 4 is 22.9 Å². The summed E-state index contributed by atoms with van der Waals surface area (Å²) in [6.45, 7) is 8.68. The number of unbranched alkanes of at least 4 members (excludes halogenated alkanes) is 3. The van der Waals surface area contributed by atoms with Crippen LogP contribution in [0.2, 0.25) is 0 Å². The first-order valence-corrected chi connectivity index (χ1v) is 14.4. The van der Waals surface area contributed by atoms with E-state index in [1.165, 1.54) is 22.3 Å². The average Bonchev–Trinajstić information content (AvgIpc) is 3.57. The number of benzene rings is 1. The summed E-state index contributed by atoms with van der Waals surface area (Å²) in [6.07, 6.45) is 2.29. The zero-order valence-electron chi connectivity index (χ0n) is 24.5. The number of fused-ring (bicyclic) bond motifs is 2. The van der Waals surface area contributed by atoms with E-state index in [2.05, 4.69) is 25.6 Å². The highest BCUT2D eigenvalue weighted by Gasteiger charge is 2.49. The number of hydrogen-bond donors (Lipinski definition) is 6. The number of carbonyl (C=O) groups excluding carboxylic acids is 1. The molecule has 1 saturated heterocycles. The lowest BCUT2D eigenvalue weighted by Gasteiger charge is -2.34. The number of anilines is 1. The lowest BCUT2D eigenvalue weighted by atomic mass is 9.89. The van der Waals surface area contributed by atoms with Crippen molar-refractivity contribution in [2.24, 2.45) is 0 Å². The molecule has 1 fully saturated rings. The Hall–Kier alpha value is -3.20. The Labute approximate surface area is 244 Å². The van der Waals surface area contributed by atoms with Crippen molar-refractivity contribution in [3.05, 3.63) is 47.5 Å². The number of aromatic nitrogens is 4. The number of rotatable bonds is 11. The number of nitrogens with one attached hydrogen (secondary N) is 2. The highest BCUT2D eigenvalue weighted by Crippen LogP contribution is 2.48. The van der Waals surface area contributed by atoms with Gasteiger partial charge in [-0.05, 0) is 63.8 Å². The molecule has 13 heteroatoms. The van der Waals surface area contributed by atoms with Crippen LogP contribution in [0.3, 0.4) is 0 Å². The minimum absolute atomic E-state index is 0.117. The third kappa shape index (κ3) is 5.36. The predicted octanol–water partition coefficient (Wildman–Crippen LogP) is 2.02. The van der Waals surface area contributed by atoms with Crippen LogP contribution in [-0.2, 0) is 15.8 Å². The molecular formula is C29H41N7O6. The first-order chi connectivity index (χ1) is 20.0. The number of aliphatic hydroxyl groups excluding tert-OH is 3. The van der Waals surface area contributed by atoms with E-state index in [-0.39, 0.29) is 5.91 Å². The lowest BCUT2D eigenvalue weighted by Crippen LogP contribution is -2.42. The predicted molar refractivity (Wildman–Crippen MR) is 154 cm³/mol. The average molecular weight is 584 g/mol. The molecule has 0 saturated carbocycles. The van der Waals surface area contributed by atoms with Crippen LogP contribution in [0.15, 0.2) is 30.9 Å². The third-order valence-electron chi connectivity index (χ3n) is 8.49. The molecule has 1 amide bonds. The molecule has 2 aliphatic heterocycles. The van der Waals surface area contributed by atoms with Gasteiger partial charge in [0.2, 0.25) is 0 Å². The van der Waals surface area contributed by atoms with E-state index in [9.17, 15) is 25.3 Å². The summed E-state index contributed by atoms with van der Waals surface area (Å²) >= 11 is 0. The van der Waals surface area contributed by atoms with E-state index in [0.717, 1.165) is 36.8 Å². The van der Waals surface area contributed by atoms with E-state index in [0.29, 0.717) is 35.6 Å². The summed E-state index contributed by atoms with van der Waals surface area (Å²) in [5, 5.41) is 48.1. The Morgan fingerprint density at radius 3 is 2.40 bits per heavy atom. The molecule has 2 aromatic heterocycles. The molecule has 6 N–H and O–H groups in total. The van der Waals surface area contributed by atoms with Crippen molar-refractivity contribution < 1.29 is 30.1 Å². The minimum atomic E-state index is -1.23. The van der Waals surface area contributed by atoms with Gasteiger partial charge in [-0.1, -0.05) is 18.9 Å². The molecule has 0 aliphatic carbocycles. The van der Waals surface area contributed by atoms with Crippen LogP contribution in [0.5, 0.6) is 0 Å². The topological polar surface area (TPSA) is 178 Å². The zero-order valence-corrected chi connectivity index (χ0v) is 24.5. The van der Waals surface area contributed by atoms with Gasteiger partial charge in [0.1, 0.15) is 24.6 Å². The van der Waals surface area contributed by atoms with Crippen molar-refractivity contribution in [3.63, 3.8) is 0 Å². The second-order valence-electron chi connectivity index (χ2n) is 12.1. The summed E-state index contributed by atoms with van der Waals surface area (Å²) in [5.41, 5.74) is 2.43. The third-order valence-corrected chi connectivity index (χ3v) is 8.49. The fraction of sp³-hybridized carbons (Fsp3) is 0.586. The summed E-state index contributed by atoms with van der Waals surface area (Å²) in [5.74, 6) is 0.441. The number of amides is 1. The van der Waals surface area contributed by atoms with Crippen molar-refractivity contribution in [3.8, 4) is 0 Å². The Kier molecular flexibility index (Phi) is 8.52. The van der Waals surface area contributed by atoms with E-state index in [1.807, 2.05) is 45.9 Å². The second-order valence-corrected chi connectivity index (χ2v) is 12.1. The molecule has 0 bridgehead atoms. The normalized spacial score (nSPS) is 24.7. The van der Waals surface area contributed by atoms with Crippen LogP contribution < -0.4 is 10.6 Å². The quantitative estimate of drug-likeness (QED) is 0.182. The van der Waals surface area contributed by atoms with Gasteiger partial charge in [-0.2, -0.15) is 5.06 Å². The molecule has 0 spiro atoms. The molecule has 228 valence electrons. The first kappa shape index (κ1) is 30.3. The van der Waals surface area contributed by atoms with Crippen molar-refractivity contribution in [1.29, 1.82) is 0 Å². The molecular weight excluding hydrogens is 542 g/mol. The Morgan fingerprint density at radius 2 is 1.69 bits per heavy atom. The van der Waals surface area contributed by atoms with Crippen LogP contribution in [-0.4, -0.2) is 89.0 Å². The number of hydroxylamine groups is 2. The first-order valence-electron chi connectivity index (χ1n) is 14.4. The van der Waals surface area contributed by atoms with Gasteiger partial charge in [0, 0.05) is 18.7 Å². The zero-order chi connectivity index (χ0) is 30.2. The fourth-order valence-corrected chi connectivity index (χ4v) is 6.04. The van der Waals surface area contributed by atoms with Gasteiger partial charge in [-0.25, -0.2) is 15.0 Å². The summed E-state index contributed by atoms with van der Waals surface area (Å²) in [7, 11) is 0. The van der Waals surface area contributed by atoms with E-state index in [4.69, 9.17) is 4.74 Å². The number of imidazole rings is 1. The van der Waals surface area contributed by atoms with Crippen molar-refractivity contribution in [1.82, 2.24) is 29.9 Å². The smallest absolute Gasteiger partial charge is 0.251 e. The highest BCUT2D eigenvalue weighted by atomic mass is 16.6. The molecule has 4 heterocycles. The van der Waals surface area contributed by atoms with Gasteiger partial charge in [-0.3, -0.25) is 9.36 Å². The van der Waals surface area contributed by atoms with E-state index < -0.39 is 42.2 Å². The van der Waals surface area contributed by atoms with E-state index in [1.54, 1.807) is 0 Å².